The van der Waals surface area contributed by atoms with E-state index in [1.165, 1.54) is 7.41 Å². The first-order valence-electron chi connectivity index (χ1n) is 8.94. The second-order valence-corrected chi connectivity index (χ2v) is 7.99. The monoisotopic (exact) mass is 413 g/mol. The summed E-state index contributed by atoms with van der Waals surface area (Å²) in [6, 6.07) is 5.41. The molecule has 0 unspecified atom stereocenters. The topological polar surface area (TPSA) is 58.6 Å². The van der Waals surface area contributed by atoms with Gasteiger partial charge in [0.1, 0.15) is 11.6 Å². The van der Waals surface area contributed by atoms with E-state index < -0.39 is 17.6 Å². The molecule has 0 aliphatic heterocycles. The molecule has 0 bridgehead atoms. The number of aryl methyl sites for hydroxylation is 1. The minimum atomic E-state index is -0.655. The molecule has 1 atom stereocenters. The van der Waals surface area contributed by atoms with Crippen LogP contribution in [0.4, 0.5) is 5.69 Å². The third-order valence-electron chi connectivity index (χ3n) is 3.89. The summed E-state index contributed by atoms with van der Waals surface area (Å²) in [5.41, 5.74) is 2.44. The lowest BCUT2D eigenvalue weighted by molar-refractivity contribution is -0.156. The predicted molar refractivity (Wildman–Crippen MR) is 114 cm³/mol. The zero-order chi connectivity index (χ0) is 20.4. The van der Waals surface area contributed by atoms with Crippen LogP contribution in [-0.4, -0.2) is 56.1 Å². The van der Waals surface area contributed by atoms with E-state index in [2.05, 4.69) is 10.1 Å². The van der Waals surface area contributed by atoms with Crippen LogP contribution in [0, 0.1) is 6.92 Å². The SMILES string of the molecule is Cc1ccc(N(CCCl)CCCl)cc1C[C@H](N[B]C=O)C(=O)OC(C)(C)C. The lowest BCUT2D eigenvalue weighted by Crippen LogP contribution is -2.45. The fourth-order valence-corrected chi connectivity index (χ4v) is 3.02. The summed E-state index contributed by atoms with van der Waals surface area (Å²) in [7, 11) is 1.22. The van der Waals surface area contributed by atoms with Crippen molar-refractivity contribution >= 4 is 48.5 Å². The van der Waals surface area contributed by atoms with Gasteiger partial charge in [0.25, 0.3) is 7.41 Å². The Balaban J connectivity index is 3.06. The molecular formula is C19H28BCl2N2O3. The number of nitrogens with zero attached hydrogens (tertiary/aromatic N) is 1. The molecule has 1 aromatic carbocycles. The van der Waals surface area contributed by atoms with Gasteiger partial charge in [-0.2, -0.15) is 0 Å². The zero-order valence-electron chi connectivity index (χ0n) is 16.4. The highest BCUT2D eigenvalue weighted by molar-refractivity contribution is 6.64. The summed E-state index contributed by atoms with van der Waals surface area (Å²) in [4.78, 5) is 25.4. The number of hydrogen-bond acceptors (Lipinski definition) is 5. The molecule has 0 aliphatic carbocycles. The molecule has 5 nitrogen and oxygen atoms in total. The molecule has 0 heterocycles. The third kappa shape index (κ3) is 8.54. The molecule has 0 aromatic heterocycles. The zero-order valence-corrected chi connectivity index (χ0v) is 17.9. The first-order valence-corrected chi connectivity index (χ1v) is 10.0. The normalized spacial score (nSPS) is 12.4. The average molecular weight is 414 g/mol. The molecule has 1 rings (SSSR count). The van der Waals surface area contributed by atoms with Gasteiger partial charge in [-0.3, -0.25) is 4.79 Å². The number of benzene rings is 1. The van der Waals surface area contributed by atoms with E-state index in [-0.39, 0.29) is 0 Å². The van der Waals surface area contributed by atoms with E-state index in [1.807, 2.05) is 45.9 Å². The predicted octanol–water partition coefficient (Wildman–Crippen LogP) is 2.93. The van der Waals surface area contributed by atoms with Gasteiger partial charge in [0.05, 0.1) is 6.19 Å². The van der Waals surface area contributed by atoms with Gasteiger partial charge < -0.3 is 19.7 Å². The molecule has 0 fully saturated rings. The first-order chi connectivity index (χ1) is 12.7. The van der Waals surface area contributed by atoms with Gasteiger partial charge in [-0.25, -0.2) is 0 Å². The lowest BCUT2D eigenvalue weighted by Gasteiger charge is -2.26. The molecule has 0 saturated heterocycles. The van der Waals surface area contributed by atoms with Gasteiger partial charge in [-0.1, -0.05) is 6.07 Å². The number of rotatable bonds is 11. The summed E-state index contributed by atoms with van der Waals surface area (Å²) < 4.78 is 5.48. The number of hydrogen-bond donors (Lipinski definition) is 1. The standard InChI is InChI=1S/C19H28BCl2N2O3/c1-14-5-6-16(24(9-7-21)10-8-22)11-15(14)12-17(23-20-13-25)18(26)27-19(2,3)4/h5-6,11,13,17,23H,7-10,12H2,1-4H3/t17-/m0/s1. The van der Waals surface area contributed by atoms with E-state index in [0.717, 1.165) is 16.8 Å². The Bertz CT molecular complexity index is 617. The highest BCUT2D eigenvalue weighted by Crippen LogP contribution is 2.22. The maximum absolute atomic E-state index is 12.5. The molecule has 27 heavy (non-hydrogen) atoms. The van der Waals surface area contributed by atoms with E-state index in [9.17, 15) is 9.59 Å². The van der Waals surface area contributed by atoms with Crippen LogP contribution in [0.3, 0.4) is 0 Å². The number of esters is 1. The van der Waals surface area contributed by atoms with Gasteiger partial charge in [0.15, 0.2) is 0 Å². The smallest absolute Gasteiger partial charge is 0.322 e. The number of halogens is 2. The first kappa shape index (κ1) is 23.8. The van der Waals surface area contributed by atoms with Gasteiger partial charge in [-0.15, -0.1) is 23.2 Å². The average Bonchev–Trinajstić information content (AvgIpc) is 2.58. The molecule has 0 amide bonds. The maximum atomic E-state index is 12.5. The van der Waals surface area contributed by atoms with Crippen LogP contribution >= 0.6 is 23.2 Å². The van der Waals surface area contributed by atoms with E-state index >= 15 is 0 Å². The molecule has 1 N–H and O–H groups in total. The van der Waals surface area contributed by atoms with Crippen LogP contribution in [0.15, 0.2) is 18.2 Å². The highest BCUT2D eigenvalue weighted by Gasteiger charge is 2.25. The third-order valence-corrected chi connectivity index (χ3v) is 4.23. The Hall–Kier alpha value is -1.24. The fraction of sp³-hybridized carbons (Fsp3) is 0.579. The molecule has 1 radical (unpaired) electrons. The van der Waals surface area contributed by atoms with Crippen molar-refractivity contribution in [1.82, 2.24) is 5.23 Å². The van der Waals surface area contributed by atoms with Crippen LogP contribution in [0.1, 0.15) is 31.9 Å². The Labute approximate surface area is 173 Å². The molecule has 149 valence electrons. The second-order valence-electron chi connectivity index (χ2n) is 7.24. The lowest BCUT2D eigenvalue weighted by atomic mass is 9.92. The van der Waals surface area contributed by atoms with Crippen molar-refractivity contribution in [2.24, 2.45) is 0 Å². The minimum Gasteiger partial charge on any atom is -0.459 e. The van der Waals surface area contributed by atoms with Crippen LogP contribution in [0.2, 0.25) is 0 Å². The molecule has 8 heteroatoms. The molecule has 0 aliphatic rings. The summed E-state index contributed by atoms with van der Waals surface area (Å²) in [6.07, 6.45) is 1.01. The van der Waals surface area contributed by atoms with Crippen LogP contribution in [0.5, 0.6) is 0 Å². The largest absolute Gasteiger partial charge is 0.459 e. The number of carbonyl (C=O) groups excluding carboxylic acids is 2. The van der Waals surface area contributed by atoms with Gasteiger partial charge in [0, 0.05) is 30.5 Å². The Morgan fingerprint density at radius 3 is 2.44 bits per heavy atom. The van der Waals surface area contributed by atoms with Crippen LogP contribution in [0.25, 0.3) is 0 Å². The van der Waals surface area contributed by atoms with E-state index in [1.54, 1.807) is 0 Å². The molecule has 0 saturated carbocycles. The fourth-order valence-electron chi connectivity index (χ4n) is 2.61. The number of anilines is 1. The van der Waals surface area contributed by atoms with Crippen molar-refractivity contribution in [3.63, 3.8) is 0 Å². The summed E-state index contributed by atoms with van der Waals surface area (Å²) in [6.45, 7) is 8.80. The van der Waals surface area contributed by atoms with Gasteiger partial charge in [-0.05, 0) is 57.4 Å². The summed E-state index contributed by atoms with van der Waals surface area (Å²) in [5, 5.41) is 2.84. The Morgan fingerprint density at radius 2 is 1.93 bits per heavy atom. The van der Waals surface area contributed by atoms with Crippen molar-refractivity contribution in [1.29, 1.82) is 0 Å². The van der Waals surface area contributed by atoms with Crippen molar-refractivity contribution in [3.05, 3.63) is 29.3 Å². The van der Waals surface area contributed by atoms with Crippen molar-refractivity contribution in [3.8, 4) is 0 Å². The second kappa shape index (κ2) is 11.6. The van der Waals surface area contributed by atoms with Gasteiger partial charge >= 0.3 is 5.97 Å². The van der Waals surface area contributed by atoms with Crippen molar-refractivity contribution in [2.45, 2.75) is 45.8 Å². The minimum absolute atomic E-state index is 0.397. The highest BCUT2D eigenvalue weighted by atomic mass is 35.5. The Morgan fingerprint density at radius 1 is 1.30 bits per heavy atom. The van der Waals surface area contributed by atoms with E-state index in [0.29, 0.717) is 37.5 Å². The maximum Gasteiger partial charge on any atom is 0.322 e. The molecule has 0 spiro atoms. The summed E-state index contributed by atoms with van der Waals surface area (Å²) >= 11 is 11.8. The number of nitrogens with one attached hydrogen (secondary N) is 1. The Kier molecular flexibility index (Phi) is 10.2. The van der Waals surface area contributed by atoms with Gasteiger partial charge in [0.2, 0.25) is 0 Å². The number of carbonyl (C=O) groups is 2. The quantitative estimate of drug-likeness (QED) is 0.261. The van der Waals surface area contributed by atoms with Crippen LogP contribution < -0.4 is 10.1 Å². The number of ether oxygens (including phenoxy) is 1. The van der Waals surface area contributed by atoms with E-state index in [4.69, 9.17) is 27.9 Å². The van der Waals surface area contributed by atoms with Crippen molar-refractivity contribution < 1.29 is 14.3 Å². The number of alkyl halides is 2. The molecule has 1 aromatic rings. The summed E-state index contributed by atoms with van der Waals surface area (Å²) in [5.74, 6) is 0.594. The van der Waals surface area contributed by atoms with Crippen LogP contribution in [-0.2, 0) is 20.7 Å². The molecular weight excluding hydrogens is 386 g/mol. The van der Waals surface area contributed by atoms with Crippen molar-refractivity contribution in [2.75, 3.05) is 29.7 Å².